The van der Waals surface area contributed by atoms with Crippen molar-refractivity contribution in [3.05, 3.63) is 58.5 Å². The van der Waals surface area contributed by atoms with E-state index in [0.29, 0.717) is 28.0 Å². The number of fused-ring (bicyclic) bond motifs is 1. The fourth-order valence-corrected chi connectivity index (χ4v) is 2.44. The Bertz CT molecular complexity index is 850. The van der Waals surface area contributed by atoms with Crippen molar-refractivity contribution in [2.45, 2.75) is 6.54 Å². The first-order chi connectivity index (χ1) is 11.1. The molecule has 1 aromatic carbocycles. The highest BCUT2D eigenvalue weighted by molar-refractivity contribution is 6.35. The summed E-state index contributed by atoms with van der Waals surface area (Å²) in [6, 6.07) is 6.60. The second-order valence-corrected chi connectivity index (χ2v) is 5.54. The maximum absolute atomic E-state index is 11.9. The van der Waals surface area contributed by atoms with E-state index >= 15 is 0 Å². The van der Waals surface area contributed by atoms with Crippen LogP contribution in [-0.4, -0.2) is 27.1 Å². The van der Waals surface area contributed by atoms with Crippen LogP contribution in [0.15, 0.2) is 42.9 Å². The molecule has 0 aliphatic heterocycles. The molecule has 1 amide bonds. The predicted octanol–water partition coefficient (Wildman–Crippen LogP) is 2.73. The Labute approximate surface area is 142 Å². The molecule has 0 fully saturated rings. The summed E-state index contributed by atoms with van der Waals surface area (Å²) in [5, 5.41) is 7.77. The van der Waals surface area contributed by atoms with Crippen LogP contribution in [-0.2, 0) is 11.3 Å². The lowest BCUT2D eigenvalue weighted by molar-refractivity contribution is -0.123. The quantitative estimate of drug-likeness (QED) is 0.768. The van der Waals surface area contributed by atoms with E-state index in [1.807, 2.05) is 0 Å². The van der Waals surface area contributed by atoms with E-state index in [1.54, 1.807) is 47.4 Å². The molecule has 2 aromatic heterocycles. The van der Waals surface area contributed by atoms with Gasteiger partial charge in [0, 0.05) is 29.5 Å². The Morgan fingerprint density at radius 3 is 3.04 bits per heavy atom. The highest BCUT2D eigenvalue weighted by Crippen LogP contribution is 2.27. The van der Waals surface area contributed by atoms with E-state index in [1.165, 1.54) is 0 Å². The van der Waals surface area contributed by atoms with Crippen molar-refractivity contribution in [1.29, 1.82) is 0 Å². The van der Waals surface area contributed by atoms with Gasteiger partial charge >= 0.3 is 0 Å². The molecule has 0 spiro atoms. The van der Waals surface area contributed by atoms with E-state index in [9.17, 15) is 4.79 Å². The second-order valence-electron chi connectivity index (χ2n) is 4.70. The molecule has 2 heterocycles. The van der Waals surface area contributed by atoms with Crippen LogP contribution in [0.4, 0.5) is 0 Å². The highest BCUT2D eigenvalue weighted by atomic mass is 35.5. The number of hydrogen-bond donors (Lipinski definition) is 1. The predicted molar refractivity (Wildman–Crippen MR) is 86.8 cm³/mol. The molecule has 3 rings (SSSR count). The number of nitrogens with one attached hydrogen (secondary N) is 1. The number of ether oxygens (including phenoxy) is 1. The van der Waals surface area contributed by atoms with Crippen LogP contribution in [0.2, 0.25) is 10.0 Å². The van der Waals surface area contributed by atoms with Crippen LogP contribution in [0, 0.1) is 0 Å². The first-order valence-corrected chi connectivity index (χ1v) is 7.51. The first-order valence-electron chi connectivity index (χ1n) is 6.75. The van der Waals surface area contributed by atoms with E-state index in [-0.39, 0.29) is 12.5 Å². The highest BCUT2D eigenvalue weighted by Gasteiger charge is 2.09. The number of aromatic nitrogens is 3. The number of carbonyl (C=O) groups excluding carboxylic acids is 1. The van der Waals surface area contributed by atoms with E-state index in [2.05, 4.69) is 15.4 Å². The van der Waals surface area contributed by atoms with Crippen molar-refractivity contribution in [2.24, 2.45) is 0 Å². The molecule has 118 valence electrons. The average molecular weight is 351 g/mol. The lowest BCUT2D eigenvalue weighted by Gasteiger charge is -2.08. The number of benzene rings is 1. The Balaban J connectivity index is 1.55. The average Bonchev–Trinajstić information content (AvgIpc) is 2.95. The van der Waals surface area contributed by atoms with Gasteiger partial charge in [0.1, 0.15) is 5.75 Å². The van der Waals surface area contributed by atoms with Crippen molar-refractivity contribution in [2.75, 3.05) is 6.61 Å². The lowest BCUT2D eigenvalue weighted by atomic mass is 10.3. The van der Waals surface area contributed by atoms with Gasteiger partial charge in [-0.25, -0.2) is 9.50 Å². The summed E-state index contributed by atoms with van der Waals surface area (Å²) in [4.78, 5) is 16.1. The van der Waals surface area contributed by atoms with Gasteiger partial charge in [0.05, 0.1) is 11.2 Å². The molecule has 8 heteroatoms. The molecule has 1 N–H and O–H groups in total. The fourth-order valence-electron chi connectivity index (χ4n) is 1.98. The minimum Gasteiger partial charge on any atom is -0.482 e. The molecule has 0 radical (unpaired) electrons. The monoisotopic (exact) mass is 350 g/mol. The summed E-state index contributed by atoms with van der Waals surface area (Å²) in [5.74, 6) is 0.134. The van der Waals surface area contributed by atoms with E-state index < -0.39 is 0 Å². The minimum atomic E-state index is -0.272. The standard InChI is InChI=1S/C15H12Cl2N4O2/c16-11-2-3-13(12(17)6-11)23-9-14(22)19-7-10-8-20-21-5-1-4-18-15(10)21/h1-6,8H,7,9H2,(H,19,22). The molecular weight excluding hydrogens is 339 g/mol. The van der Waals surface area contributed by atoms with Crippen molar-refractivity contribution in [3.63, 3.8) is 0 Å². The topological polar surface area (TPSA) is 68.5 Å². The van der Waals surface area contributed by atoms with Crippen molar-refractivity contribution in [1.82, 2.24) is 19.9 Å². The Hall–Kier alpha value is -2.31. The summed E-state index contributed by atoms with van der Waals surface area (Å²) < 4.78 is 7.02. The normalized spacial score (nSPS) is 10.7. The van der Waals surface area contributed by atoms with Crippen molar-refractivity contribution >= 4 is 34.8 Å². The van der Waals surface area contributed by atoms with Gasteiger partial charge in [0.15, 0.2) is 12.3 Å². The Kier molecular flexibility index (Phi) is 4.64. The van der Waals surface area contributed by atoms with Crippen LogP contribution < -0.4 is 10.1 Å². The molecule has 0 bridgehead atoms. The summed E-state index contributed by atoms with van der Waals surface area (Å²) in [7, 11) is 0. The molecule has 23 heavy (non-hydrogen) atoms. The van der Waals surface area contributed by atoms with Crippen LogP contribution in [0.1, 0.15) is 5.56 Å². The number of halogens is 2. The fraction of sp³-hybridized carbons (Fsp3) is 0.133. The van der Waals surface area contributed by atoms with Gasteiger partial charge in [0.25, 0.3) is 5.91 Å². The Morgan fingerprint density at radius 1 is 1.35 bits per heavy atom. The second kappa shape index (κ2) is 6.85. The summed E-state index contributed by atoms with van der Waals surface area (Å²) in [5.41, 5.74) is 1.53. The zero-order valence-corrected chi connectivity index (χ0v) is 13.4. The van der Waals surface area contributed by atoms with Crippen molar-refractivity contribution in [3.8, 4) is 5.75 Å². The third kappa shape index (κ3) is 3.72. The number of hydrogen-bond acceptors (Lipinski definition) is 4. The SMILES string of the molecule is O=C(COc1ccc(Cl)cc1Cl)NCc1cnn2cccnc12. The number of amides is 1. The van der Waals surface area contributed by atoms with E-state index in [0.717, 1.165) is 5.56 Å². The molecule has 0 unspecified atom stereocenters. The lowest BCUT2D eigenvalue weighted by Crippen LogP contribution is -2.28. The first kappa shape index (κ1) is 15.6. The van der Waals surface area contributed by atoms with Crippen LogP contribution >= 0.6 is 23.2 Å². The maximum atomic E-state index is 11.9. The molecule has 0 saturated carbocycles. The molecule has 0 aliphatic rings. The zero-order valence-electron chi connectivity index (χ0n) is 11.9. The summed E-state index contributed by atoms with van der Waals surface area (Å²) >= 11 is 11.8. The number of nitrogens with zero attached hydrogens (tertiary/aromatic N) is 3. The molecule has 3 aromatic rings. The smallest absolute Gasteiger partial charge is 0.258 e. The molecule has 0 aliphatic carbocycles. The van der Waals surface area contributed by atoms with Gasteiger partial charge in [-0.15, -0.1) is 0 Å². The summed E-state index contributed by atoms with van der Waals surface area (Å²) in [6.07, 6.45) is 5.13. The van der Waals surface area contributed by atoms with Gasteiger partial charge in [-0.2, -0.15) is 5.10 Å². The van der Waals surface area contributed by atoms with Gasteiger partial charge in [-0.05, 0) is 24.3 Å². The largest absolute Gasteiger partial charge is 0.482 e. The number of carbonyl (C=O) groups is 1. The van der Waals surface area contributed by atoms with Gasteiger partial charge in [-0.3, -0.25) is 4.79 Å². The number of rotatable bonds is 5. The van der Waals surface area contributed by atoms with Gasteiger partial charge in [-0.1, -0.05) is 23.2 Å². The third-order valence-corrected chi connectivity index (χ3v) is 3.61. The Morgan fingerprint density at radius 2 is 2.22 bits per heavy atom. The van der Waals surface area contributed by atoms with Crippen molar-refractivity contribution < 1.29 is 9.53 Å². The molecule has 6 nitrogen and oxygen atoms in total. The molecule has 0 saturated heterocycles. The minimum absolute atomic E-state index is 0.145. The maximum Gasteiger partial charge on any atom is 0.258 e. The third-order valence-electron chi connectivity index (χ3n) is 3.08. The summed E-state index contributed by atoms with van der Waals surface area (Å²) in [6.45, 7) is 0.172. The van der Waals surface area contributed by atoms with Crippen LogP contribution in [0.25, 0.3) is 5.65 Å². The van der Waals surface area contributed by atoms with Gasteiger partial charge < -0.3 is 10.1 Å². The van der Waals surface area contributed by atoms with E-state index in [4.69, 9.17) is 27.9 Å². The van der Waals surface area contributed by atoms with Crippen LogP contribution in [0.5, 0.6) is 5.75 Å². The molecular formula is C15H12Cl2N4O2. The molecule has 0 atom stereocenters. The van der Waals surface area contributed by atoms with Gasteiger partial charge in [0.2, 0.25) is 0 Å². The van der Waals surface area contributed by atoms with Crippen LogP contribution in [0.3, 0.4) is 0 Å². The zero-order chi connectivity index (χ0) is 16.2.